The van der Waals surface area contributed by atoms with Crippen molar-refractivity contribution in [2.75, 3.05) is 5.32 Å². The molecule has 4 atom stereocenters. The molecule has 0 saturated heterocycles. The van der Waals surface area contributed by atoms with Crippen LogP contribution < -0.4 is 5.32 Å². The lowest BCUT2D eigenvalue weighted by atomic mass is 9.86. The number of amides is 1. The highest BCUT2D eigenvalue weighted by Crippen LogP contribution is 2.58. The molecule has 0 aliphatic heterocycles. The average molecular weight is 587 g/mol. The van der Waals surface area contributed by atoms with Crippen molar-refractivity contribution in [3.8, 4) is 11.1 Å². The third-order valence-corrected chi connectivity index (χ3v) is 8.40. The number of hydrogen-bond donors (Lipinski definition) is 1. The van der Waals surface area contributed by atoms with Crippen LogP contribution in [-0.2, 0) is 16.1 Å². The Labute approximate surface area is 233 Å². The molecule has 1 aromatic carbocycles. The summed E-state index contributed by atoms with van der Waals surface area (Å²) in [5, 5.41) is 8.17. The van der Waals surface area contributed by atoms with Crippen LogP contribution in [0.15, 0.2) is 47.3 Å². The second kappa shape index (κ2) is 9.75. The lowest BCUT2D eigenvalue weighted by molar-refractivity contribution is -0.131. The molecule has 0 bridgehead atoms. The first-order valence-electron chi connectivity index (χ1n) is 13.0. The van der Waals surface area contributed by atoms with E-state index in [-0.39, 0.29) is 29.9 Å². The molecular formula is C29H27BrN6O3. The van der Waals surface area contributed by atoms with Crippen molar-refractivity contribution in [2.45, 2.75) is 40.2 Å². The molecule has 1 amide bonds. The number of aryl methyl sites for hydroxylation is 2. The Hall–Kier alpha value is -3.79. The van der Waals surface area contributed by atoms with Gasteiger partial charge >= 0.3 is 0 Å². The van der Waals surface area contributed by atoms with E-state index >= 15 is 0 Å². The lowest BCUT2D eigenvalue weighted by Gasteiger charge is -2.21. The van der Waals surface area contributed by atoms with Gasteiger partial charge in [-0.1, -0.05) is 12.1 Å². The molecule has 0 radical (unpaired) electrons. The fraction of sp³-hybridized carbons (Fsp3) is 0.345. The Morgan fingerprint density at radius 3 is 2.56 bits per heavy atom. The van der Waals surface area contributed by atoms with E-state index in [0.29, 0.717) is 45.2 Å². The summed E-state index contributed by atoms with van der Waals surface area (Å²) in [5.74, 6) is 0.609. The molecule has 10 heteroatoms. The molecule has 2 fully saturated rings. The molecule has 1 unspecified atom stereocenters. The summed E-state index contributed by atoms with van der Waals surface area (Å²) in [6, 6.07) is 9.39. The van der Waals surface area contributed by atoms with Gasteiger partial charge in [-0.3, -0.25) is 19.1 Å². The van der Waals surface area contributed by atoms with Crippen molar-refractivity contribution in [3.05, 3.63) is 64.4 Å². The van der Waals surface area contributed by atoms with Crippen molar-refractivity contribution in [1.29, 1.82) is 0 Å². The van der Waals surface area contributed by atoms with Crippen LogP contribution in [0.1, 0.15) is 41.6 Å². The number of fused-ring (bicyclic) bond motifs is 2. The van der Waals surface area contributed by atoms with Gasteiger partial charge in [-0.15, -0.1) is 0 Å². The summed E-state index contributed by atoms with van der Waals surface area (Å²) >= 11 is 3.36. The highest BCUT2D eigenvalue weighted by Gasteiger charge is 2.58. The Bertz CT molecular complexity index is 1650. The number of ketones is 2. The van der Waals surface area contributed by atoms with Gasteiger partial charge < -0.3 is 5.32 Å². The zero-order valence-electron chi connectivity index (χ0n) is 21.8. The third kappa shape index (κ3) is 4.78. The van der Waals surface area contributed by atoms with Gasteiger partial charge in [-0.2, -0.15) is 5.10 Å². The van der Waals surface area contributed by atoms with Crippen LogP contribution in [0.2, 0.25) is 0 Å². The van der Waals surface area contributed by atoms with Gasteiger partial charge in [0.15, 0.2) is 11.6 Å². The molecule has 1 N–H and O–H groups in total. The van der Waals surface area contributed by atoms with Crippen LogP contribution in [0.4, 0.5) is 5.82 Å². The van der Waals surface area contributed by atoms with Crippen LogP contribution in [0.5, 0.6) is 0 Å². The van der Waals surface area contributed by atoms with Gasteiger partial charge in [-0.05, 0) is 83.8 Å². The number of carbonyl (C=O) groups is 3. The van der Waals surface area contributed by atoms with Gasteiger partial charge in [0.1, 0.15) is 28.5 Å². The van der Waals surface area contributed by atoms with Crippen LogP contribution in [0, 0.1) is 37.5 Å². The van der Waals surface area contributed by atoms with E-state index in [0.717, 1.165) is 23.1 Å². The van der Waals surface area contributed by atoms with E-state index in [1.54, 1.807) is 17.1 Å². The minimum absolute atomic E-state index is 0.00117. The first kappa shape index (κ1) is 25.5. The second-order valence-corrected chi connectivity index (χ2v) is 11.4. The fourth-order valence-corrected chi connectivity index (χ4v) is 6.15. The van der Waals surface area contributed by atoms with Gasteiger partial charge in [-0.25, -0.2) is 15.0 Å². The van der Waals surface area contributed by atoms with Crippen molar-refractivity contribution in [3.63, 3.8) is 0 Å². The minimum Gasteiger partial charge on any atom is -0.310 e. The monoisotopic (exact) mass is 586 g/mol. The standard InChI is InChI=1S/C29H27BrN6O3/c1-14-4-7-25(30)33-28(14)34-29(39)26-20-9-18(20)10-22(26)24(38)13-36-23-6-5-17(19-11-31-16(3)32-12-19)8-21(23)27(35-36)15(2)37/h4-8,11-12,18,20,22,26H,9-10,13H2,1-3H3,(H,33,34,39)/t18-,20-,22?,26-/m1/s1. The number of rotatable bonds is 7. The highest BCUT2D eigenvalue weighted by molar-refractivity contribution is 9.10. The summed E-state index contributed by atoms with van der Waals surface area (Å²) in [6.45, 7) is 5.18. The van der Waals surface area contributed by atoms with Crippen molar-refractivity contribution in [1.82, 2.24) is 24.7 Å². The zero-order valence-corrected chi connectivity index (χ0v) is 23.4. The number of pyridine rings is 1. The summed E-state index contributed by atoms with van der Waals surface area (Å²) in [7, 11) is 0. The quantitative estimate of drug-likeness (QED) is 0.240. The number of Topliss-reactive ketones (excluding diaryl/α,β-unsaturated/α-hetero) is 2. The Balaban J connectivity index is 1.27. The van der Waals surface area contributed by atoms with E-state index in [1.165, 1.54) is 6.92 Å². The molecule has 39 heavy (non-hydrogen) atoms. The van der Waals surface area contributed by atoms with E-state index in [2.05, 4.69) is 41.3 Å². The normalized spacial score (nSPS) is 21.5. The fourth-order valence-electron chi connectivity index (χ4n) is 5.84. The van der Waals surface area contributed by atoms with Crippen molar-refractivity contribution < 1.29 is 14.4 Å². The smallest absolute Gasteiger partial charge is 0.229 e. The molecule has 198 valence electrons. The molecule has 6 rings (SSSR count). The predicted molar refractivity (Wildman–Crippen MR) is 149 cm³/mol. The molecular weight excluding hydrogens is 560 g/mol. The maximum Gasteiger partial charge on any atom is 0.229 e. The summed E-state index contributed by atoms with van der Waals surface area (Å²) in [4.78, 5) is 52.4. The number of halogens is 1. The average Bonchev–Trinajstić information content (AvgIpc) is 3.41. The SMILES string of the molecule is CC(=O)c1nn(CC(=O)C2C[C@H]3C[C@H]3[C@H]2C(=O)Nc2nc(Br)ccc2C)c2ccc(-c3cnc(C)nc3)cc12. The summed E-state index contributed by atoms with van der Waals surface area (Å²) in [5.41, 5.74) is 3.56. The summed E-state index contributed by atoms with van der Waals surface area (Å²) < 4.78 is 2.24. The van der Waals surface area contributed by atoms with E-state index in [9.17, 15) is 14.4 Å². The Kier molecular flexibility index (Phi) is 6.37. The predicted octanol–water partition coefficient (Wildman–Crippen LogP) is 4.95. The number of carbonyl (C=O) groups excluding carboxylic acids is 3. The minimum atomic E-state index is -0.398. The first-order chi connectivity index (χ1) is 18.7. The molecule has 3 aromatic heterocycles. The summed E-state index contributed by atoms with van der Waals surface area (Å²) in [6.07, 6.45) is 5.15. The molecule has 2 aliphatic carbocycles. The van der Waals surface area contributed by atoms with Crippen LogP contribution >= 0.6 is 15.9 Å². The number of hydrogen-bond acceptors (Lipinski definition) is 7. The molecule has 0 spiro atoms. The number of nitrogens with zero attached hydrogens (tertiary/aromatic N) is 5. The molecule has 9 nitrogen and oxygen atoms in total. The topological polar surface area (TPSA) is 120 Å². The number of benzene rings is 1. The van der Waals surface area contributed by atoms with Crippen LogP contribution in [0.25, 0.3) is 22.0 Å². The number of anilines is 1. The Morgan fingerprint density at radius 2 is 1.82 bits per heavy atom. The number of nitrogens with one attached hydrogen (secondary N) is 1. The van der Waals surface area contributed by atoms with Crippen LogP contribution in [0.3, 0.4) is 0 Å². The van der Waals surface area contributed by atoms with E-state index < -0.39 is 11.8 Å². The zero-order chi connectivity index (χ0) is 27.4. The van der Waals surface area contributed by atoms with Crippen LogP contribution in [-0.4, -0.2) is 42.2 Å². The molecule has 2 aliphatic rings. The lowest BCUT2D eigenvalue weighted by Crippen LogP contribution is -2.34. The van der Waals surface area contributed by atoms with Crippen molar-refractivity contribution >= 4 is 50.1 Å². The highest BCUT2D eigenvalue weighted by atomic mass is 79.9. The maximum atomic E-state index is 13.6. The van der Waals surface area contributed by atoms with Crippen molar-refractivity contribution in [2.24, 2.45) is 23.7 Å². The molecule has 3 heterocycles. The third-order valence-electron chi connectivity index (χ3n) is 7.95. The largest absolute Gasteiger partial charge is 0.310 e. The van der Waals surface area contributed by atoms with Gasteiger partial charge in [0.2, 0.25) is 5.91 Å². The Morgan fingerprint density at radius 1 is 1.05 bits per heavy atom. The maximum absolute atomic E-state index is 13.6. The van der Waals surface area contributed by atoms with E-state index in [1.807, 2.05) is 44.2 Å². The first-order valence-corrected chi connectivity index (χ1v) is 13.8. The number of aromatic nitrogens is 5. The molecule has 2 saturated carbocycles. The van der Waals surface area contributed by atoms with Gasteiger partial charge in [0, 0.05) is 36.2 Å². The van der Waals surface area contributed by atoms with Gasteiger partial charge in [0.05, 0.1) is 11.4 Å². The molecule has 4 aromatic rings. The van der Waals surface area contributed by atoms with Gasteiger partial charge in [0.25, 0.3) is 0 Å². The van der Waals surface area contributed by atoms with E-state index in [4.69, 9.17) is 0 Å². The second-order valence-electron chi connectivity index (χ2n) is 10.6.